The van der Waals surface area contributed by atoms with Gasteiger partial charge in [0, 0.05) is 6.08 Å². The summed E-state index contributed by atoms with van der Waals surface area (Å²) in [7, 11) is 6.19. The molecule has 0 aromatic heterocycles. The van der Waals surface area contributed by atoms with Crippen molar-refractivity contribution in [3.05, 3.63) is 12.2 Å². The number of rotatable bonds is 4. The van der Waals surface area contributed by atoms with Gasteiger partial charge in [-0.3, -0.25) is 0 Å². The maximum atomic E-state index is 10.8. The number of carbonyl (C=O) groups is 1. The second kappa shape index (κ2) is 7.09. The first-order valence-corrected chi connectivity index (χ1v) is 4.09. The number of ether oxygens (including phenoxy) is 1. The summed E-state index contributed by atoms with van der Waals surface area (Å²) in [5, 5.41) is 0. The van der Waals surface area contributed by atoms with E-state index in [0.717, 1.165) is 11.0 Å². The minimum Gasteiger partial charge on any atom is -1.00 e. The van der Waals surface area contributed by atoms with E-state index in [4.69, 9.17) is 4.74 Å². The lowest BCUT2D eigenvalue weighted by atomic mass is 10.4. The number of nitrogens with zero attached hydrogens (tertiary/aromatic N) is 1. The lowest BCUT2D eigenvalue weighted by Gasteiger charge is -2.21. The summed E-state index contributed by atoms with van der Waals surface area (Å²) in [5.41, 5.74) is 0. The summed E-state index contributed by atoms with van der Waals surface area (Å²) in [6.45, 7) is 3.07. The van der Waals surface area contributed by atoms with Crippen molar-refractivity contribution in [3.8, 4) is 0 Å². The van der Waals surface area contributed by atoms with Crippen molar-refractivity contribution in [3.63, 3.8) is 0 Å². The minimum absolute atomic E-state index is 0. The number of esters is 1. The molecule has 0 aromatic rings. The Kier molecular flexibility index (Phi) is 8.26. The molecule has 3 nitrogen and oxygen atoms in total. The van der Waals surface area contributed by atoms with Crippen molar-refractivity contribution in [1.29, 1.82) is 0 Å². The first-order chi connectivity index (χ1) is 5.45. The van der Waals surface area contributed by atoms with E-state index in [2.05, 4.69) is 21.1 Å². The van der Waals surface area contributed by atoms with Crippen LogP contribution in [0.4, 0.5) is 0 Å². The Morgan fingerprint density at radius 3 is 2.31 bits per heavy atom. The minimum atomic E-state index is -0.258. The second-order valence-corrected chi connectivity index (χ2v) is 3.63. The van der Waals surface area contributed by atoms with Crippen LogP contribution in [0.1, 0.15) is 6.92 Å². The van der Waals surface area contributed by atoms with Crippen LogP contribution in [-0.2, 0) is 9.53 Å². The molecule has 0 radical (unpaired) electrons. The summed E-state index contributed by atoms with van der Waals surface area (Å²) < 4.78 is 5.54. The predicted molar refractivity (Wildman–Crippen MR) is 48.7 cm³/mol. The van der Waals surface area contributed by atoms with E-state index < -0.39 is 0 Å². The molecule has 0 spiro atoms. The largest absolute Gasteiger partial charge is 1.00 e. The van der Waals surface area contributed by atoms with E-state index in [1.807, 2.05) is 6.08 Å². The monoisotopic (exact) mass is 251 g/mol. The third-order valence-electron chi connectivity index (χ3n) is 1.19. The highest BCUT2D eigenvalue weighted by Crippen LogP contribution is 1.90. The van der Waals surface area contributed by atoms with Crippen LogP contribution in [0.3, 0.4) is 0 Å². The molecule has 0 aliphatic carbocycles. The second-order valence-electron chi connectivity index (χ2n) is 3.63. The Morgan fingerprint density at radius 2 is 1.92 bits per heavy atom. The number of quaternary nitrogens is 1. The van der Waals surface area contributed by atoms with Crippen molar-refractivity contribution in [2.75, 3.05) is 34.3 Å². The van der Waals surface area contributed by atoms with Crippen LogP contribution >= 0.6 is 0 Å². The van der Waals surface area contributed by atoms with Crippen LogP contribution in [0.25, 0.3) is 0 Å². The lowest BCUT2D eigenvalue weighted by molar-refractivity contribution is -0.864. The molecule has 0 unspecified atom stereocenters. The van der Waals surface area contributed by atoms with Gasteiger partial charge in [-0.2, -0.15) is 0 Å². The summed E-state index contributed by atoms with van der Waals surface area (Å²) in [6.07, 6.45) is 3.31. The van der Waals surface area contributed by atoms with Gasteiger partial charge in [-0.15, -0.1) is 0 Å². The van der Waals surface area contributed by atoms with Gasteiger partial charge in [-0.25, -0.2) is 4.79 Å². The smallest absolute Gasteiger partial charge is 0.330 e. The zero-order valence-corrected chi connectivity index (χ0v) is 10.3. The van der Waals surface area contributed by atoms with Gasteiger partial charge >= 0.3 is 5.97 Å². The van der Waals surface area contributed by atoms with Gasteiger partial charge in [0.05, 0.1) is 34.3 Å². The number of carbonyl (C=O) groups excluding carboxylic acids is 1. The van der Waals surface area contributed by atoms with Crippen molar-refractivity contribution >= 4 is 5.97 Å². The molecule has 0 fully saturated rings. The average Bonchev–Trinajstić information content (AvgIpc) is 1.84. The molecule has 0 saturated carbocycles. The molecule has 78 valence electrons. The van der Waals surface area contributed by atoms with E-state index in [1.54, 1.807) is 6.92 Å². The molecule has 13 heavy (non-hydrogen) atoms. The molecule has 0 aliphatic heterocycles. The fourth-order valence-corrected chi connectivity index (χ4v) is 0.656. The highest BCUT2D eigenvalue weighted by atomic mass is 79.9. The Morgan fingerprint density at radius 1 is 1.38 bits per heavy atom. The van der Waals surface area contributed by atoms with Crippen LogP contribution in [0.5, 0.6) is 0 Å². The van der Waals surface area contributed by atoms with Crippen molar-refractivity contribution in [1.82, 2.24) is 0 Å². The summed E-state index contributed by atoms with van der Waals surface area (Å²) >= 11 is 0. The fourth-order valence-electron chi connectivity index (χ4n) is 0.656. The maximum Gasteiger partial charge on any atom is 0.330 e. The molecule has 0 N–H and O–H groups in total. The summed E-state index contributed by atoms with van der Waals surface area (Å²) in [6, 6.07) is 0. The van der Waals surface area contributed by atoms with E-state index in [-0.39, 0.29) is 23.0 Å². The van der Waals surface area contributed by atoms with Crippen LogP contribution < -0.4 is 17.0 Å². The Balaban J connectivity index is 0. The molecule has 0 aromatic carbocycles. The molecule has 0 heterocycles. The zero-order chi connectivity index (χ0) is 9.61. The van der Waals surface area contributed by atoms with Gasteiger partial charge in [-0.1, -0.05) is 0 Å². The summed E-state index contributed by atoms with van der Waals surface area (Å²) in [5.74, 6) is -0.258. The van der Waals surface area contributed by atoms with Crippen molar-refractivity contribution in [2.24, 2.45) is 0 Å². The van der Waals surface area contributed by atoms with Crippen molar-refractivity contribution in [2.45, 2.75) is 6.92 Å². The van der Waals surface area contributed by atoms with Gasteiger partial charge in [0.15, 0.2) is 0 Å². The van der Waals surface area contributed by atoms with Crippen LogP contribution in [-0.4, -0.2) is 44.7 Å². The van der Waals surface area contributed by atoms with E-state index >= 15 is 0 Å². The molecular formula is C9H18BrNO2. The topological polar surface area (TPSA) is 26.3 Å². The predicted octanol–water partition coefficient (Wildman–Crippen LogP) is -2.18. The highest BCUT2D eigenvalue weighted by molar-refractivity contribution is 5.81. The molecule has 0 aliphatic rings. The van der Waals surface area contributed by atoms with E-state index in [9.17, 15) is 4.79 Å². The lowest BCUT2D eigenvalue weighted by Crippen LogP contribution is -3.00. The molecule has 0 saturated heterocycles. The number of halogens is 1. The number of hydrogen-bond acceptors (Lipinski definition) is 2. The number of likely N-dealkylation sites (N-methyl/N-ethyl adjacent to an activating group) is 1. The summed E-state index contributed by atoms with van der Waals surface area (Å²) in [4.78, 5) is 10.8. The van der Waals surface area contributed by atoms with E-state index in [0.29, 0.717) is 6.61 Å². The molecule has 0 atom stereocenters. The maximum absolute atomic E-state index is 10.8. The van der Waals surface area contributed by atoms with Crippen LogP contribution in [0.15, 0.2) is 12.2 Å². The quantitative estimate of drug-likeness (QED) is 0.323. The first-order valence-electron chi connectivity index (χ1n) is 4.09. The van der Waals surface area contributed by atoms with E-state index in [1.165, 1.54) is 6.08 Å². The third kappa shape index (κ3) is 11.7. The third-order valence-corrected chi connectivity index (χ3v) is 1.19. The van der Waals surface area contributed by atoms with Gasteiger partial charge < -0.3 is 26.2 Å². The van der Waals surface area contributed by atoms with Crippen LogP contribution in [0, 0.1) is 0 Å². The van der Waals surface area contributed by atoms with Crippen molar-refractivity contribution < 1.29 is 31.0 Å². The van der Waals surface area contributed by atoms with Crippen LogP contribution in [0.2, 0.25) is 0 Å². The van der Waals surface area contributed by atoms with Gasteiger partial charge in [0.2, 0.25) is 0 Å². The fraction of sp³-hybridized carbons (Fsp3) is 0.667. The van der Waals surface area contributed by atoms with Gasteiger partial charge in [-0.05, 0) is 13.0 Å². The molecule has 0 rings (SSSR count). The average molecular weight is 252 g/mol. The normalized spacial score (nSPS) is 11.1. The highest BCUT2D eigenvalue weighted by Gasteiger charge is 2.02. The standard InChI is InChI=1S/C9H18NO2.BrH/c1-5-12-9(11)7-6-8-10(2,3)4;/h6-7H,5,8H2,1-4H3;1H/q+1;/p-1/b7-6+;. The zero-order valence-electron chi connectivity index (χ0n) is 8.71. The van der Waals surface area contributed by atoms with Gasteiger partial charge in [0.25, 0.3) is 0 Å². The molecule has 0 amide bonds. The number of hydrogen-bond donors (Lipinski definition) is 0. The SMILES string of the molecule is CCOC(=O)/C=C/C[N+](C)(C)C.[Br-]. The Hall–Kier alpha value is -0.350. The van der Waals surface area contributed by atoms with Gasteiger partial charge in [0.1, 0.15) is 0 Å². The first kappa shape index (κ1) is 15.1. The Labute approximate surface area is 90.7 Å². The molecule has 4 heteroatoms. The molecular weight excluding hydrogens is 234 g/mol. The Bertz CT molecular complexity index is 173. The molecule has 0 bridgehead atoms.